The molecule has 0 aliphatic heterocycles. The maximum Gasteiger partial charge on any atom is 0.0544 e. The molecule has 7 unspecified atom stereocenters. The van der Waals surface area contributed by atoms with Crippen LogP contribution in [0.4, 0.5) is 0 Å². The first-order valence-electron chi connectivity index (χ1n) is 10.7. The number of aliphatic hydroxyl groups excluding tert-OH is 2. The second-order valence-corrected chi connectivity index (χ2v) is 10.7. The van der Waals surface area contributed by atoms with E-state index in [-0.39, 0.29) is 29.5 Å². The third kappa shape index (κ3) is 3.04. The standard InChI is InChI=1S/C23H35NO2S/c1-22(9-7-16(26)12-15(22)14-25)19-8-10-23(2)18(17(19)13-24)5-6-20(23)21-4-3-11-27-21/h3-4,6,11,15-19,25-26H,5,7-10,12-14,24H2,1-2H3. The summed E-state index contributed by atoms with van der Waals surface area (Å²) >= 11 is 1.86. The molecule has 2 saturated carbocycles. The summed E-state index contributed by atoms with van der Waals surface area (Å²) in [5, 5.41) is 22.4. The highest BCUT2D eigenvalue weighted by atomic mass is 32.1. The summed E-state index contributed by atoms with van der Waals surface area (Å²) in [7, 11) is 0. The molecule has 0 bridgehead atoms. The Bertz CT molecular complexity index is 687. The van der Waals surface area contributed by atoms with Gasteiger partial charge in [0.05, 0.1) is 6.10 Å². The molecule has 0 aromatic carbocycles. The van der Waals surface area contributed by atoms with Crippen molar-refractivity contribution in [1.82, 2.24) is 0 Å². The second kappa shape index (κ2) is 7.29. The Morgan fingerprint density at radius 2 is 2.04 bits per heavy atom. The predicted molar refractivity (Wildman–Crippen MR) is 112 cm³/mol. The molecular weight excluding hydrogens is 354 g/mol. The Labute approximate surface area is 167 Å². The average molecular weight is 390 g/mol. The van der Waals surface area contributed by atoms with Crippen molar-refractivity contribution in [2.75, 3.05) is 13.2 Å². The van der Waals surface area contributed by atoms with Gasteiger partial charge < -0.3 is 15.9 Å². The molecule has 1 aromatic heterocycles. The van der Waals surface area contributed by atoms with E-state index in [2.05, 4.69) is 37.4 Å². The zero-order valence-corrected chi connectivity index (χ0v) is 17.5. The highest BCUT2D eigenvalue weighted by molar-refractivity contribution is 7.11. The first kappa shape index (κ1) is 19.6. The summed E-state index contributed by atoms with van der Waals surface area (Å²) in [6, 6.07) is 4.42. The number of hydrogen-bond acceptors (Lipinski definition) is 4. The van der Waals surface area contributed by atoms with Gasteiger partial charge in [0.2, 0.25) is 0 Å². The topological polar surface area (TPSA) is 66.5 Å². The summed E-state index contributed by atoms with van der Waals surface area (Å²) in [6.45, 7) is 5.75. The lowest BCUT2D eigenvalue weighted by atomic mass is 9.49. The van der Waals surface area contributed by atoms with Crippen molar-refractivity contribution < 1.29 is 10.2 Å². The van der Waals surface area contributed by atoms with E-state index in [1.165, 1.54) is 17.7 Å². The molecular formula is C23H35NO2S. The largest absolute Gasteiger partial charge is 0.396 e. The number of thiophene rings is 1. The molecule has 3 nitrogen and oxygen atoms in total. The Hall–Kier alpha value is -0.680. The number of hydrogen-bond donors (Lipinski definition) is 3. The van der Waals surface area contributed by atoms with Crippen LogP contribution in [-0.2, 0) is 0 Å². The van der Waals surface area contributed by atoms with Crippen molar-refractivity contribution >= 4 is 16.9 Å². The van der Waals surface area contributed by atoms with Crippen molar-refractivity contribution in [1.29, 1.82) is 0 Å². The van der Waals surface area contributed by atoms with Crippen LogP contribution < -0.4 is 5.73 Å². The van der Waals surface area contributed by atoms with Crippen LogP contribution in [0.5, 0.6) is 0 Å². The number of allylic oxidation sites excluding steroid dienone is 2. The van der Waals surface area contributed by atoms with Gasteiger partial charge in [-0.25, -0.2) is 0 Å². The van der Waals surface area contributed by atoms with E-state index in [4.69, 9.17) is 5.73 Å². The molecule has 0 spiro atoms. The summed E-state index contributed by atoms with van der Waals surface area (Å²) in [5.74, 6) is 1.82. The van der Waals surface area contributed by atoms with Crippen LogP contribution in [0.25, 0.3) is 5.57 Å². The van der Waals surface area contributed by atoms with Gasteiger partial charge in [-0.3, -0.25) is 0 Å². The van der Waals surface area contributed by atoms with Gasteiger partial charge in [0.15, 0.2) is 0 Å². The van der Waals surface area contributed by atoms with Gasteiger partial charge in [-0.05, 0) is 96.6 Å². The van der Waals surface area contributed by atoms with E-state index >= 15 is 0 Å². The normalized spacial score (nSPS) is 44.8. The summed E-state index contributed by atoms with van der Waals surface area (Å²) in [4.78, 5) is 1.43. The minimum absolute atomic E-state index is 0.0883. The van der Waals surface area contributed by atoms with Gasteiger partial charge in [-0.1, -0.05) is 26.0 Å². The van der Waals surface area contributed by atoms with Crippen LogP contribution in [0, 0.1) is 34.5 Å². The van der Waals surface area contributed by atoms with Crippen molar-refractivity contribution in [3.05, 3.63) is 28.5 Å². The average Bonchev–Trinajstić information content (AvgIpc) is 3.29. The van der Waals surface area contributed by atoms with Crippen LogP contribution in [0.3, 0.4) is 0 Å². The molecule has 1 heterocycles. The van der Waals surface area contributed by atoms with E-state index in [0.29, 0.717) is 17.8 Å². The van der Waals surface area contributed by atoms with Crippen LogP contribution in [0.2, 0.25) is 0 Å². The van der Waals surface area contributed by atoms with Gasteiger partial charge >= 0.3 is 0 Å². The molecule has 0 radical (unpaired) electrons. The summed E-state index contributed by atoms with van der Waals surface area (Å²) in [5.41, 5.74) is 8.28. The Kier molecular flexibility index (Phi) is 5.30. The van der Waals surface area contributed by atoms with Crippen molar-refractivity contribution in [2.45, 2.75) is 58.5 Å². The lowest BCUT2D eigenvalue weighted by Crippen LogP contribution is -2.53. The molecule has 2 fully saturated rings. The van der Waals surface area contributed by atoms with Gasteiger partial charge in [0.25, 0.3) is 0 Å². The molecule has 1 aromatic rings. The third-order valence-electron chi connectivity index (χ3n) is 8.65. The van der Waals surface area contributed by atoms with E-state index in [9.17, 15) is 10.2 Å². The molecule has 3 aliphatic rings. The maximum absolute atomic E-state index is 10.2. The second-order valence-electron chi connectivity index (χ2n) is 9.71. The highest BCUT2D eigenvalue weighted by Crippen LogP contribution is 2.64. The van der Waals surface area contributed by atoms with Gasteiger partial charge in [0.1, 0.15) is 0 Å². The van der Waals surface area contributed by atoms with Gasteiger partial charge in [-0.15, -0.1) is 11.3 Å². The molecule has 4 N–H and O–H groups in total. The van der Waals surface area contributed by atoms with Crippen molar-refractivity contribution in [2.24, 2.45) is 40.2 Å². The smallest absolute Gasteiger partial charge is 0.0544 e. The van der Waals surface area contributed by atoms with Crippen LogP contribution >= 0.6 is 11.3 Å². The minimum Gasteiger partial charge on any atom is -0.396 e. The number of nitrogens with two attached hydrogens (primary N) is 1. The van der Waals surface area contributed by atoms with E-state index in [1.807, 2.05) is 11.3 Å². The monoisotopic (exact) mass is 389 g/mol. The number of rotatable bonds is 4. The molecule has 3 aliphatic carbocycles. The number of fused-ring (bicyclic) bond motifs is 1. The van der Waals surface area contributed by atoms with Gasteiger partial charge in [-0.2, -0.15) is 0 Å². The van der Waals surface area contributed by atoms with E-state index < -0.39 is 0 Å². The Morgan fingerprint density at radius 1 is 1.22 bits per heavy atom. The molecule has 0 amide bonds. The first-order valence-corrected chi connectivity index (χ1v) is 11.6. The third-order valence-corrected chi connectivity index (χ3v) is 9.55. The van der Waals surface area contributed by atoms with Gasteiger partial charge in [0, 0.05) is 11.5 Å². The highest BCUT2D eigenvalue weighted by Gasteiger charge is 2.56. The van der Waals surface area contributed by atoms with Crippen LogP contribution in [-0.4, -0.2) is 29.5 Å². The predicted octanol–water partition coefficient (Wildman–Crippen LogP) is 4.30. The van der Waals surface area contributed by atoms with E-state index in [1.54, 1.807) is 5.57 Å². The summed E-state index contributed by atoms with van der Waals surface area (Å²) < 4.78 is 0. The molecule has 4 heteroatoms. The minimum atomic E-state index is -0.251. The van der Waals surface area contributed by atoms with Crippen LogP contribution in [0.15, 0.2) is 23.6 Å². The molecule has 0 saturated heterocycles. The van der Waals surface area contributed by atoms with Crippen LogP contribution in [0.1, 0.15) is 57.2 Å². The zero-order chi connectivity index (χ0) is 19.2. The maximum atomic E-state index is 10.2. The first-order chi connectivity index (χ1) is 12.9. The fraction of sp³-hybridized carbons (Fsp3) is 0.739. The zero-order valence-electron chi connectivity index (χ0n) is 16.7. The van der Waals surface area contributed by atoms with Crippen molar-refractivity contribution in [3.63, 3.8) is 0 Å². The molecule has 7 atom stereocenters. The molecule has 150 valence electrons. The Morgan fingerprint density at radius 3 is 2.70 bits per heavy atom. The fourth-order valence-corrected chi connectivity index (χ4v) is 7.89. The number of aliphatic hydroxyl groups is 2. The Balaban J connectivity index is 1.62. The summed E-state index contributed by atoms with van der Waals surface area (Å²) in [6.07, 6.45) is 8.36. The van der Waals surface area contributed by atoms with E-state index in [0.717, 1.165) is 32.2 Å². The molecule has 4 rings (SSSR count). The lowest BCUT2D eigenvalue weighted by molar-refractivity contribution is -0.0904. The quantitative estimate of drug-likeness (QED) is 0.719. The SMILES string of the molecule is CC12CCC(C3(C)CCC(O)CC3CO)C(CN)C1CC=C2c1cccs1. The fourth-order valence-electron chi connectivity index (χ4n) is 6.98. The lowest BCUT2D eigenvalue weighted by Gasteiger charge is -2.56. The van der Waals surface area contributed by atoms with Crippen molar-refractivity contribution in [3.8, 4) is 0 Å². The molecule has 27 heavy (non-hydrogen) atoms.